The van der Waals surface area contributed by atoms with Crippen molar-refractivity contribution in [2.75, 3.05) is 25.5 Å². The Morgan fingerprint density at radius 2 is 1.22 bits per heavy atom. The van der Waals surface area contributed by atoms with Crippen LogP contribution in [0.3, 0.4) is 0 Å². The molecule has 0 spiro atoms. The molecular weight excluding hydrogens is 561 g/mol. The van der Waals surface area contributed by atoms with E-state index >= 15 is 4.39 Å². The van der Waals surface area contributed by atoms with Gasteiger partial charge < -0.3 is 15.0 Å². The number of nitrogens with one attached hydrogen (secondary N) is 1. The van der Waals surface area contributed by atoms with Crippen LogP contribution in [-0.4, -0.2) is 78.2 Å². The van der Waals surface area contributed by atoms with E-state index in [0.29, 0.717) is 0 Å². The normalized spacial score (nSPS) is 22.1. The first-order chi connectivity index (χ1) is 16.6. The van der Waals surface area contributed by atoms with E-state index in [4.69, 9.17) is 0 Å². The molecule has 0 atom stereocenters. The molecule has 1 aliphatic rings. The van der Waals surface area contributed by atoms with Gasteiger partial charge in [0.15, 0.2) is 0 Å². The molecule has 1 aliphatic carbocycles. The Kier molecular flexibility index (Phi) is 7.41. The van der Waals surface area contributed by atoms with Gasteiger partial charge >= 0.3 is 41.3 Å². The predicted molar refractivity (Wildman–Crippen MR) is 105 cm³/mol. The van der Waals surface area contributed by atoms with Crippen LogP contribution >= 0.6 is 11.3 Å². The molecule has 0 saturated heterocycles. The molecule has 0 bridgehead atoms. The van der Waals surface area contributed by atoms with Crippen LogP contribution in [0.4, 0.5) is 53.3 Å². The number of nitrogens with zero attached hydrogens (tertiary/aromatic N) is 1. The lowest BCUT2D eigenvalue weighted by molar-refractivity contribution is -0.475. The summed E-state index contributed by atoms with van der Waals surface area (Å²) in [5, 5.41) is -0.308. The van der Waals surface area contributed by atoms with E-state index < -0.39 is 68.5 Å². The Hall–Kier alpha value is -2.66. The summed E-state index contributed by atoms with van der Waals surface area (Å²) >= 11 is -0.0157. The Morgan fingerprint density at radius 3 is 1.59 bits per heavy atom. The zero-order valence-corrected chi connectivity index (χ0v) is 19.9. The topological polar surface area (TPSA) is 75.7 Å². The Labute approximate surface area is 204 Å². The fraction of sp³-hybridized carbons (Fsp3) is 0.632. The highest BCUT2D eigenvalue weighted by molar-refractivity contribution is 7.18. The summed E-state index contributed by atoms with van der Waals surface area (Å²) in [4.78, 5) is 37.8. The van der Waals surface area contributed by atoms with Gasteiger partial charge in [-0.05, 0) is 26.3 Å². The molecule has 0 aliphatic heterocycles. The molecule has 0 aromatic carbocycles. The summed E-state index contributed by atoms with van der Waals surface area (Å²) in [6, 6.07) is 0. The van der Waals surface area contributed by atoms with Crippen molar-refractivity contribution < 1.29 is 67.4 Å². The lowest BCUT2D eigenvalue weighted by Gasteiger charge is -2.51. The monoisotopic (exact) mass is 578 g/mol. The average molecular weight is 578 g/mol. The van der Waals surface area contributed by atoms with Gasteiger partial charge in [-0.1, -0.05) is 0 Å². The number of carbonyl (C=O) groups excluding carboxylic acids is 3. The Bertz CT molecular complexity index is 1090. The molecule has 6 nitrogen and oxygen atoms in total. The van der Waals surface area contributed by atoms with Crippen LogP contribution in [0.5, 0.6) is 0 Å². The minimum atomic E-state index is -7.50. The zero-order valence-electron chi connectivity index (χ0n) is 19.1. The number of esters is 1. The van der Waals surface area contributed by atoms with Gasteiger partial charge in [-0.3, -0.25) is 9.59 Å². The molecule has 210 valence electrons. The van der Waals surface area contributed by atoms with Gasteiger partial charge in [-0.25, -0.2) is 9.18 Å². The molecule has 1 heterocycles. The Morgan fingerprint density at radius 1 is 0.811 bits per heavy atom. The van der Waals surface area contributed by atoms with Gasteiger partial charge in [-0.2, -0.15) is 43.9 Å². The number of amides is 2. The fourth-order valence-electron chi connectivity index (χ4n) is 3.50. The van der Waals surface area contributed by atoms with Crippen molar-refractivity contribution in [1.29, 1.82) is 0 Å². The molecule has 0 unspecified atom stereocenters. The number of carbonyl (C=O) groups is 3. The lowest BCUT2D eigenvalue weighted by Crippen LogP contribution is -2.86. The van der Waals surface area contributed by atoms with Crippen molar-refractivity contribution in [3.8, 4) is 0 Å². The minimum Gasteiger partial charge on any atom is -0.465 e. The number of anilines is 1. The van der Waals surface area contributed by atoms with Crippen molar-refractivity contribution in [3.05, 3.63) is 16.0 Å². The second-order valence-electron chi connectivity index (χ2n) is 7.71. The number of ether oxygens (including phenoxy) is 1. The van der Waals surface area contributed by atoms with E-state index in [0.717, 1.165) is 24.3 Å². The quantitative estimate of drug-likeness (QED) is 0.374. The van der Waals surface area contributed by atoms with Crippen LogP contribution in [-0.2, 0) is 9.53 Å². The first-order valence-corrected chi connectivity index (χ1v) is 10.8. The maximum absolute atomic E-state index is 15.1. The molecule has 2 rings (SSSR count). The largest absolute Gasteiger partial charge is 0.465 e. The number of hydrogen-bond donors (Lipinski definition) is 1. The fourth-order valence-corrected chi connectivity index (χ4v) is 4.66. The molecule has 1 N–H and O–H groups in total. The van der Waals surface area contributed by atoms with Crippen LogP contribution in [0.2, 0.25) is 0 Å². The van der Waals surface area contributed by atoms with Crippen LogP contribution in [0.25, 0.3) is 0 Å². The highest BCUT2D eigenvalue weighted by Gasteiger charge is 3.02. The number of alkyl halides is 11. The third-order valence-corrected chi connectivity index (χ3v) is 6.96. The molecule has 37 heavy (non-hydrogen) atoms. The third kappa shape index (κ3) is 3.60. The first kappa shape index (κ1) is 30.6. The van der Waals surface area contributed by atoms with Gasteiger partial charge in [0.05, 0.1) is 17.6 Å². The molecule has 1 aromatic heterocycles. The van der Waals surface area contributed by atoms with Gasteiger partial charge in [0.25, 0.3) is 11.8 Å². The van der Waals surface area contributed by atoms with Crippen molar-refractivity contribution in [3.63, 3.8) is 0 Å². The Balaban J connectivity index is 2.76. The molecule has 1 saturated carbocycles. The lowest BCUT2D eigenvalue weighted by atomic mass is 9.71. The smallest absolute Gasteiger partial charge is 0.384 e. The maximum Gasteiger partial charge on any atom is 0.384 e. The second-order valence-corrected chi connectivity index (χ2v) is 8.73. The van der Waals surface area contributed by atoms with Crippen molar-refractivity contribution in [2.45, 2.75) is 56.1 Å². The first-order valence-electron chi connectivity index (χ1n) is 9.98. The number of hydrogen-bond acceptors (Lipinski definition) is 5. The summed E-state index contributed by atoms with van der Waals surface area (Å²) in [6.45, 7) is 4.15. The molecule has 2 amide bonds. The van der Waals surface area contributed by atoms with Crippen LogP contribution in [0.15, 0.2) is 0 Å². The maximum atomic E-state index is 15.1. The SMILES string of the molecule is CCN(CC)C(=O)c1sc(NC(=O)C2(F)C(F)(F)C(F)(F)C(F)(F)C(F)(F)C2(F)F)c(C(=O)OC)c1C. The van der Waals surface area contributed by atoms with Gasteiger partial charge in [0.1, 0.15) is 5.00 Å². The van der Waals surface area contributed by atoms with Gasteiger partial charge in [0.2, 0.25) is 0 Å². The van der Waals surface area contributed by atoms with Crippen molar-refractivity contribution in [2.24, 2.45) is 0 Å². The number of rotatable bonds is 6. The predicted octanol–water partition coefficient (Wildman–Crippen LogP) is 5.16. The summed E-state index contributed by atoms with van der Waals surface area (Å²) in [5.74, 6) is -43.2. The summed E-state index contributed by atoms with van der Waals surface area (Å²) in [6.07, 6.45) is 0. The standard InChI is InChI=1S/C19H17F11N2O4S/c1-5-32(6-2)11(33)9-7(3)8(12(34)36-4)10(37-9)31-13(35)14(20)15(21,22)17(25,26)19(29,30)18(27,28)16(14,23)24/h5-6H2,1-4H3,(H,31,35). The van der Waals surface area contributed by atoms with Crippen LogP contribution in [0, 0.1) is 6.92 Å². The van der Waals surface area contributed by atoms with E-state index in [1.54, 1.807) is 0 Å². The summed E-state index contributed by atoms with van der Waals surface area (Å²) in [7, 11) is 0.722. The molecule has 1 fully saturated rings. The van der Waals surface area contributed by atoms with Crippen LogP contribution < -0.4 is 5.32 Å². The van der Waals surface area contributed by atoms with Crippen molar-refractivity contribution in [1.82, 2.24) is 4.90 Å². The van der Waals surface area contributed by atoms with Crippen molar-refractivity contribution >= 4 is 34.1 Å². The summed E-state index contributed by atoms with van der Waals surface area (Å²) in [5.41, 5.74) is -8.27. The van der Waals surface area contributed by atoms with Gasteiger partial charge in [-0.15, -0.1) is 11.3 Å². The zero-order chi connectivity index (χ0) is 29.2. The summed E-state index contributed by atoms with van der Waals surface area (Å²) < 4.78 is 158. The van der Waals surface area contributed by atoms with E-state index in [1.807, 2.05) is 0 Å². The molecular formula is C19H17F11N2O4S. The highest BCUT2D eigenvalue weighted by atomic mass is 32.1. The number of thiophene rings is 1. The van der Waals surface area contributed by atoms with E-state index in [-0.39, 0.29) is 30.0 Å². The highest BCUT2D eigenvalue weighted by Crippen LogP contribution is 2.69. The second kappa shape index (κ2) is 8.97. The minimum absolute atomic E-state index is 0.0157. The molecule has 1 aromatic rings. The average Bonchev–Trinajstić information content (AvgIpc) is 3.12. The molecule has 18 heteroatoms. The number of halogens is 11. The molecule has 0 radical (unpaired) electrons. The van der Waals surface area contributed by atoms with E-state index in [2.05, 4.69) is 4.74 Å². The van der Waals surface area contributed by atoms with E-state index in [9.17, 15) is 58.3 Å². The third-order valence-electron chi connectivity index (χ3n) is 5.76. The van der Waals surface area contributed by atoms with E-state index in [1.165, 1.54) is 13.8 Å². The van der Waals surface area contributed by atoms with Gasteiger partial charge in [0, 0.05) is 13.1 Å². The number of methoxy groups -OCH3 is 1. The van der Waals surface area contributed by atoms with Crippen LogP contribution in [0.1, 0.15) is 39.4 Å².